The monoisotopic (exact) mass is 394 g/mol. The minimum absolute atomic E-state index is 0.0109. The Kier molecular flexibility index (Phi) is 5.46. The Balaban J connectivity index is 1.84. The van der Waals surface area contributed by atoms with E-state index in [-0.39, 0.29) is 30.5 Å². The van der Waals surface area contributed by atoms with E-state index in [0.29, 0.717) is 22.9 Å². The van der Waals surface area contributed by atoms with E-state index in [1.54, 1.807) is 6.92 Å². The van der Waals surface area contributed by atoms with Crippen LogP contribution in [0.5, 0.6) is 11.5 Å². The van der Waals surface area contributed by atoms with Gasteiger partial charge in [0.15, 0.2) is 6.61 Å². The first-order chi connectivity index (χ1) is 12.8. The summed E-state index contributed by atoms with van der Waals surface area (Å²) in [5.74, 6) is -1.14. The van der Waals surface area contributed by atoms with Gasteiger partial charge < -0.3 is 19.5 Å². The van der Waals surface area contributed by atoms with Gasteiger partial charge in [0.05, 0.1) is 29.0 Å². The summed E-state index contributed by atoms with van der Waals surface area (Å²) in [4.78, 5) is 28.2. The molecule has 0 aliphatic carbocycles. The maximum absolute atomic E-state index is 13.0. The van der Waals surface area contributed by atoms with Crippen LogP contribution in [0.2, 0.25) is 5.02 Å². The van der Waals surface area contributed by atoms with Crippen LogP contribution in [0.4, 0.5) is 10.1 Å². The molecule has 0 bridgehead atoms. The van der Waals surface area contributed by atoms with Crippen molar-refractivity contribution in [3.05, 3.63) is 47.0 Å². The van der Waals surface area contributed by atoms with E-state index < -0.39 is 17.9 Å². The number of fused-ring (bicyclic) bond motifs is 1. The Labute approximate surface area is 159 Å². The fourth-order valence-corrected chi connectivity index (χ4v) is 2.83. The maximum Gasteiger partial charge on any atom is 0.305 e. The van der Waals surface area contributed by atoms with Crippen LogP contribution in [0.3, 0.4) is 0 Å². The van der Waals surface area contributed by atoms with Crippen molar-refractivity contribution in [2.75, 3.05) is 18.1 Å². The van der Waals surface area contributed by atoms with E-state index in [1.165, 1.54) is 29.2 Å². The number of rotatable bonds is 6. The van der Waals surface area contributed by atoms with Gasteiger partial charge >= 0.3 is 5.97 Å². The lowest BCUT2D eigenvalue weighted by molar-refractivity contribution is -0.136. The summed E-state index contributed by atoms with van der Waals surface area (Å²) in [7, 11) is 0. The molecule has 2 aromatic rings. The third kappa shape index (κ3) is 4.28. The Morgan fingerprint density at radius 1 is 1.48 bits per heavy atom. The zero-order valence-corrected chi connectivity index (χ0v) is 15.1. The smallest absolute Gasteiger partial charge is 0.305 e. The van der Waals surface area contributed by atoms with E-state index in [4.69, 9.17) is 26.2 Å². The molecule has 1 N–H and O–H groups in total. The van der Waals surface area contributed by atoms with E-state index in [9.17, 15) is 14.0 Å². The van der Waals surface area contributed by atoms with Gasteiger partial charge in [-0.15, -0.1) is 0 Å². The van der Waals surface area contributed by atoms with Gasteiger partial charge in [-0.05, 0) is 25.1 Å². The Morgan fingerprint density at radius 2 is 2.26 bits per heavy atom. The van der Waals surface area contributed by atoms with Crippen LogP contribution in [0.15, 0.2) is 30.5 Å². The number of anilines is 1. The van der Waals surface area contributed by atoms with Crippen molar-refractivity contribution in [3.63, 3.8) is 0 Å². The zero-order valence-electron chi connectivity index (χ0n) is 14.3. The predicted molar refractivity (Wildman–Crippen MR) is 94.8 cm³/mol. The van der Waals surface area contributed by atoms with Crippen LogP contribution in [0.25, 0.3) is 0 Å². The van der Waals surface area contributed by atoms with Crippen molar-refractivity contribution in [1.82, 2.24) is 4.98 Å². The molecule has 1 aromatic carbocycles. The molecule has 1 aliphatic heterocycles. The van der Waals surface area contributed by atoms with Crippen molar-refractivity contribution in [2.45, 2.75) is 19.4 Å². The molecule has 1 aliphatic rings. The standard InChI is InChI=1S/C18H16ClFN2O5/c1-10(13-3-2-11(20)8-21-13)27-15-7-16-14(6-12(15)19)22(5-4-18(24)25)17(23)9-26-16/h2-3,6-8,10H,4-5,9H2,1H3,(H,24,25). The van der Waals surface area contributed by atoms with Crippen LogP contribution in [-0.4, -0.2) is 35.1 Å². The molecule has 0 spiro atoms. The number of carboxylic acid groups (broad SMARTS) is 1. The number of hydrogen-bond donors (Lipinski definition) is 1. The summed E-state index contributed by atoms with van der Waals surface area (Å²) in [5.41, 5.74) is 0.904. The fourth-order valence-electron chi connectivity index (χ4n) is 2.62. The SMILES string of the molecule is CC(Oc1cc2c(cc1Cl)N(CCC(=O)O)C(=O)CO2)c1ccc(F)cn1. The first-order valence-electron chi connectivity index (χ1n) is 8.11. The highest BCUT2D eigenvalue weighted by Crippen LogP contribution is 2.41. The maximum atomic E-state index is 13.0. The molecule has 9 heteroatoms. The van der Waals surface area contributed by atoms with Gasteiger partial charge in [0.1, 0.15) is 23.4 Å². The van der Waals surface area contributed by atoms with Crippen LogP contribution >= 0.6 is 11.6 Å². The Hall–Kier alpha value is -2.87. The molecule has 142 valence electrons. The number of nitrogens with zero attached hydrogens (tertiary/aromatic N) is 2. The van der Waals surface area contributed by atoms with Crippen molar-refractivity contribution in [1.29, 1.82) is 0 Å². The second kappa shape index (κ2) is 7.79. The topological polar surface area (TPSA) is 89.0 Å². The molecular weight excluding hydrogens is 379 g/mol. The third-order valence-corrected chi connectivity index (χ3v) is 4.27. The third-order valence-electron chi connectivity index (χ3n) is 3.98. The number of aliphatic carboxylic acids is 1. The van der Waals surface area contributed by atoms with E-state index in [1.807, 2.05) is 0 Å². The molecule has 0 saturated heterocycles. The summed E-state index contributed by atoms with van der Waals surface area (Å²) in [5, 5.41) is 9.08. The highest BCUT2D eigenvalue weighted by atomic mass is 35.5. The van der Waals surface area contributed by atoms with Crippen molar-refractivity contribution in [3.8, 4) is 11.5 Å². The predicted octanol–water partition coefficient (Wildman–Crippen LogP) is 3.21. The number of carboxylic acids is 1. The molecule has 0 radical (unpaired) electrons. The lowest BCUT2D eigenvalue weighted by Crippen LogP contribution is -2.40. The molecule has 7 nitrogen and oxygen atoms in total. The van der Waals surface area contributed by atoms with Gasteiger partial charge in [-0.1, -0.05) is 11.6 Å². The zero-order chi connectivity index (χ0) is 19.6. The van der Waals surface area contributed by atoms with Crippen LogP contribution < -0.4 is 14.4 Å². The van der Waals surface area contributed by atoms with Gasteiger partial charge in [-0.2, -0.15) is 0 Å². The molecule has 1 amide bonds. The summed E-state index contributed by atoms with van der Waals surface area (Å²) in [6.45, 7) is 1.54. The number of aromatic nitrogens is 1. The van der Waals surface area contributed by atoms with Crippen LogP contribution in [0, 0.1) is 5.82 Å². The average molecular weight is 395 g/mol. The quantitative estimate of drug-likeness (QED) is 0.809. The Morgan fingerprint density at radius 3 is 2.93 bits per heavy atom. The lowest BCUT2D eigenvalue weighted by Gasteiger charge is -2.30. The molecular formula is C18H16ClFN2O5. The van der Waals surface area contributed by atoms with Crippen molar-refractivity contribution in [2.24, 2.45) is 0 Å². The second-order valence-electron chi connectivity index (χ2n) is 5.89. The van der Waals surface area contributed by atoms with Gasteiger partial charge in [0.25, 0.3) is 5.91 Å². The van der Waals surface area contributed by atoms with Crippen molar-refractivity contribution < 1.29 is 28.6 Å². The highest BCUT2D eigenvalue weighted by Gasteiger charge is 2.28. The number of carbonyl (C=O) groups is 2. The second-order valence-corrected chi connectivity index (χ2v) is 6.30. The molecule has 1 aromatic heterocycles. The fraction of sp³-hybridized carbons (Fsp3) is 0.278. The molecule has 2 heterocycles. The van der Waals surface area contributed by atoms with Gasteiger partial charge in [-0.25, -0.2) is 4.39 Å². The van der Waals surface area contributed by atoms with Crippen LogP contribution in [-0.2, 0) is 9.59 Å². The number of benzene rings is 1. The van der Waals surface area contributed by atoms with Gasteiger partial charge in [0, 0.05) is 12.6 Å². The summed E-state index contributed by atoms with van der Waals surface area (Å²) < 4.78 is 24.2. The average Bonchev–Trinajstić information content (AvgIpc) is 2.62. The molecule has 3 rings (SSSR count). The number of halogens is 2. The summed E-state index contributed by atoms with van der Waals surface area (Å²) in [6.07, 6.45) is 0.391. The highest BCUT2D eigenvalue weighted by molar-refractivity contribution is 6.32. The minimum Gasteiger partial charge on any atom is -0.483 e. The van der Waals surface area contributed by atoms with Gasteiger partial charge in [0.2, 0.25) is 0 Å². The Bertz CT molecular complexity index is 875. The first-order valence-corrected chi connectivity index (χ1v) is 8.49. The molecule has 1 atom stereocenters. The summed E-state index contributed by atoms with van der Waals surface area (Å²) in [6, 6.07) is 5.83. The molecule has 0 fully saturated rings. The van der Waals surface area contributed by atoms with E-state index in [2.05, 4.69) is 4.98 Å². The summed E-state index contributed by atoms with van der Waals surface area (Å²) >= 11 is 6.28. The number of carbonyl (C=O) groups excluding carboxylic acids is 1. The lowest BCUT2D eigenvalue weighted by atomic mass is 10.2. The number of amides is 1. The van der Waals surface area contributed by atoms with Crippen LogP contribution in [0.1, 0.15) is 25.1 Å². The molecule has 0 saturated carbocycles. The van der Waals surface area contributed by atoms with E-state index >= 15 is 0 Å². The minimum atomic E-state index is -1.01. The van der Waals surface area contributed by atoms with Gasteiger partial charge in [-0.3, -0.25) is 14.6 Å². The number of pyridine rings is 1. The largest absolute Gasteiger partial charge is 0.483 e. The normalized spacial score (nSPS) is 14.3. The molecule has 1 unspecified atom stereocenters. The first kappa shape index (κ1) is 18.9. The molecule has 27 heavy (non-hydrogen) atoms. The van der Waals surface area contributed by atoms with Crippen molar-refractivity contribution >= 4 is 29.2 Å². The van der Waals surface area contributed by atoms with E-state index in [0.717, 1.165) is 6.20 Å². The number of ether oxygens (including phenoxy) is 2. The number of hydrogen-bond acceptors (Lipinski definition) is 5.